The summed E-state index contributed by atoms with van der Waals surface area (Å²) in [6.07, 6.45) is 0.509. The summed E-state index contributed by atoms with van der Waals surface area (Å²) < 4.78 is 0. The first-order valence-corrected chi connectivity index (χ1v) is 6.81. The third-order valence-corrected chi connectivity index (χ3v) is 3.74. The van der Waals surface area contributed by atoms with E-state index in [0.717, 1.165) is 22.3 Å². The Balaban J connectivity index is 2.30. The molecule has 19 heavy (non-hydrogen) atoms. The van der Waals surface area contributed by atoms with Gasteiger partial charge in [-0.25, -0.2) is 0 Å². The normalized spacial score (nSPS) is 14.2. The van der Waals surface area contributed by atoms with Gasteiger partial charge in [-0.2, -0.15) is 0 Å². The van der Waals surface area contributed by atoms with Crippen molar-refractivity contribution in [2.75, 3.05) is 0 Å². The van der Waals surface area contributed by atoms with E-state index in [0.29, 0.717) is 11.4 Å². The lowest BCUT2D eigenvalue weighted by Crippen LogP contribution is -2.24. The number of aryl methyl sites for hydroxylation is 2. The Hall–Kier alpha value is -1.31. The molecule has 100 valence electrons. The first-order chi connectivity index (χ1) is 8.88. The average molecular weight is 275 g/mol. The van der Waals surface area contributed by atoms with Gasteiger partial charge in [0.1, 0.15) is 0 Å². The summed E-state index contributed by atoms with van der Waals surface area (Å²) in [7, 11) is 0. The van der Waals surface area contributed by atoms with Crippen molar-refractivity contribution < 1.29 is 5.11 Å². The standard InChI is InChI=1S/C17H19ClO/c1-12-5-4-6-15(9-12)17(3,19)11-14-8-7-13(2)10-16(14)18/h4-10,19H,11H2,1-3H3. The number of hydrogen-bond donors (Lipinski definition) is 1. The van der Waals surface area contributed by atoms with Gasteiger partial charge in [0.25, 0.3) is 0 Å². The second-order valence-corrected chi connectivity index (χ2v) is 5.82. The van der Waals surface area contributed by atoms with Gasteiger partial charge in [-0.1, -0.05) is 53.6 Å². The van der Waals surface area contributed by atoms with Crippen molar-refractivity contribution in [2.45, 2.75) is 32.8 Å². The maximum atomic E-state index is 10.7. The molecule has 1 N–H and O–H groups in total. The van der Waals surface area contributed by atoms with Crippen LogP contribution in [0.2, 0.25) is 5.02 Å². The molecule has 0 heterocycles. The van der Waals surface area contributed by atoms with E-state index < -0.39 is 5.60 Å². The van der Waals surface area contributed by atoms with Crippen molar-refractivity contribution in [1.29, 1.82) is 0 Å². The SMILES string of the molecule is Cc1cccc(C(C)(O)Cc2ccc(C)cc2Cl)c1. The molecule has 0 radical (unpaired) electrons. The Morgan fingerprint density at radius 2 is 1.74 bits per heavy atom. The predicted molar refractivity (Wildman–Crippen MR) is 80.6 cm³/mol. The smallest absolute Gasteiger partial charge is 0.0909 e. The topological polar surface area (TPSA) is 20.2 Å². The van der Waals surface area contributed by atoms with Crippen LogP contribution in [0.1, 0.15) is 29.2 Å². The van der Waals surface area contributed by atoms with Crippen molar-refractivity contribution in [2.24, 2.45) is 0 Å². The molecule has 2 aromatic rings. The number of rotatable bonds is 3. The van der Waals surface area contributed by atoms with Crippen LogP contribution in [0.3, 0.4) is 0 Å². The quantitative estimate of drug-likeness (QED) is 0.879. The molecular formula is C17H19ClO. The molecule has 0 aliphatic heterocycles. The van der Waals surface area contributed by atoms with Gasteiger partial charge in [-0.15, -0.1) is 0 Å². The van der Waals surface area contributed by atoms with E-state index in [1.807, 2.05) is 63.2 Å². The summed E-state index contributed by atoms with van der Waals surface area (Å²) in [5.74, 6) is 0. The molecule has 0 saturated heterocycles. The third-order valence-electron chi connectivity index (χ3n) is 3.38. The molecule has 2 aromatic carbocycles. The van der Waals surface area contributed by atoms with Crippen molar-refractivity contribution in [3.8, 4) is 0 Å². The minimum atomic E-state index is -0.912. The fraction of sp³-hybridized carbons (Fsp3) is 0.294. The van der Waals surface area contributed by atoms with Crippen LogP contribution in [0.25, 0.3) is 0 Å². The van der Waals surface area contributed by atoms with Crippen LogP contribution < -0.4 is 0 Å². The van der Waals surface area contributed by atoms with E-state index >= 15 is 0 Å². The van der Waals surface area contributed by atoms with Crippen molar-refractivity contribution in [3.05, 3.63) is 69.7 Å². The number of benzene rings is 2. The van der Waals surface area contributed by atoms with Gasteiger partial charge in [0, 0.05) is 11.4 Å². The molecular weight excluding hydrogens is 256 g/mol. The molecule has 0 bridgehead atoms. The lowest BCUT2D eigenvalue weighted by molar-refractivity contribution is 0.0576. The molecule has 0 saturated carbocycles. The molecule has 2 rings (SSSR count). The second kappa shape index (κ2) is 5.36. The first-order valence-electron chi connectivity index (χ1n) is 6.43. The molecule has 0 amide bonds. The number of aliphatic hydroxyl groups is 1. The summed E-state index contributed by atoms with van der Waals surface area (Å²) >= 11 is 6.24. The van der Waals surface area contributed by atoms with E-state index in [1.165, 1.54) is 0 Å². The highest BCUT2D eigenvalue weighted by atomic mass is 35.5. The maximum Gasteiger partial charge on any atom is 0.0909 e. The van der Waals surface area contributed by atoms with Gasteiger partial charge in [-0.3, -0.25) is 0 Å². The largest absolute Gasteiger partial charge is 0.385 e. The van der Waals surface area contributed by atoms with Crippen LogP contribution in [0.15, 0.2) is 42.5 Å². The second-order valence-electron chi connectivity index (χ2n) is 5.41. The Morgan fingerprint density at radius 1 is 1.05 bits per heavy atom. The Labute approximate surface area is 119 Å². The van der Waals surface area contributed by atoms with Crippen LogP contribution in [0.5, 0.6) is 0 Å². The molecule has 2 heteroatoms. The first kappa shape index (κ1) is 14.1. The van der Waals surface area contributed by atoms with Gasteiger partial charge < -0.3 is 5.11 Å². The number of halogens is 1. The van der Waals surface area contributed by atoms with Gasteiger partial charge in [-0.05, 0) is 43.5 Å². The van der Waals surface area contributed by atoms with Crippen LogP contribution in [-0.4, -0.2) is 5.11 Å². The zero-order valence-corrected chi connectivity index (χ0v) is 12.3. The van der Waals surface area contributed by atoms with E-state index in [9.17, 15) is 5.11 Å². The molecule has 0 aliphatic carbocycles. The monoisotopic (exact) mass is 274 g/mol. The Morgan fingerprint density at radius 3 is 2.37 bits per heavy atom. The zero-order chi connectivity index (χ0) is 14.0. The van der Waals surface area contributed by atoms with Crippen LogP contribution in [0.4, 0.5) is 0 Å². The molecule has 1 atom stereocenters. The summed E-state index contributed by atoms with van der Waals surface area (Å²) in [6.45, 7) is 5.87. The fourth-order valence-corrected chi connectivity index (χ4v) is 2.55. The summed E-state index contributed by atoms with van der Waals surface area (Å²) in [5, 5.41) is 11.4. The lowest BCUT2D eigenvalue weighted by atomic mass is 9.88. The van der Waals surface area contributed by atoms with Crippen LogP contribution in [-0.2, 0) is 12.0 Å². The molecule has 1 unspecified atom stereocenters. The third kappa shape index (κ3) is 3.37. The fourth-order valence-electron chi connectivity index (χ4n) is 2.25. The summed E-state index contributed by atoms with van der Waals surface area (Å²) in [6, 6.07) is 13.9. The lowest BCUT2D eigenvalue weighted by Gasteiger charge is -2.25. The van der Waals surface area contributed by atoms with Crippen molar-refractivity contribution in [3.63, 3.8) is 0 Å². The highest BCUT2D eigenvalue weighted by Crippen LogP contribution is 2.29. The molecule has 0 spiro atoms. The summed E-state index contributed by atoms with van der Waals surface area (Å²) in [4.78, 5) is 0. The number of hydrogen-bond acceptors (Lipinski definition) is 1. The highest BCUT2D eigenvalue weighted by molar-refractivity contribution is 6.31. The highest BCUT2D eigenvalue weighted by Gasteiger charge is 2.24. The van der Waals surface area contributed by atoms with E-state index in [1.54, 1.807) is 0 Å². The maximum absolute atomic E-state index is 10.7. The Bertz CT molecular complexity index is 588. The van der Waals surface area contributed by atoms with Gasteiger partial charge >= 0.3 is 0 Å². The average Bonchev–Trinajstić information content (AvgIpc) is 2.33. The van der Waals surface area contributed by atoms with Crippen LogP contribution in [0, 0.1) is 13.8 Å². The molecule has 0 aliphatic rings. The minimum Gasteiger partial charge on any atom is -0.385 e. The van der Waals surface area contributed by atoms with Gasteiger partial charge in [0.15, 0.2) is 0 Å². The molecule has 0 aromatic heterocycles. The van der Waals surface area contributed by atoms with E-state index in [2.05, 4.69) is 0 Å². The van der Waals surface area contributed by atoms with Crippen molar-refractivity contribution >= 4 is 11.6 Å². The van der Waals surface area contributed by atoms with Gasteiger partial charge in [0.2, 0.25) is 0 Å². The Kier molecular flexibility index (Phi) is 3.98. The predicted octanol–water partition coefficient (Wildman–Crippen LogP) is 4.41. The zero-order valence-electron chi connectivity index (χ0n) is 11.6. The molecule has 1 nitrogen and oxygen atoms in total. The van der Waals surface area contributed by atoms with Crippen LogP contribution >= 0.6 is 11.6 Å². The minimum absolute atomic E-state index is 0.509. The summed E-state index contributed by atoms with van der Waals surface area (Å²) in [5.41, 5.74) is 3.25. The van der Waals surface area contributed by atoms with E-state index in [-0.39, 0.29) is 0 Å². The van der Waals surface area contributed by atoms with E-state index in [4.69, 9.17) is 11.6 Å². The van der Waals surface area contributed by atoms with Gasteiger partial charge in [0.05, 0.1) is 5.60 Å². The molecule has 0 fully saturated rings. The van der Waals surface area contributed by atoms with Crippen molar-refractivity contribution in [1.82, 2.24) is 0 Å².